The Bertz CT molecular complexity index is 429. The second-order valence-electron chi connectivity index (χ2n) is 3.55. The summed E-state index contributed by atoms with van der Waals surface area (Å²) in [5.74, 6) is 1.07. The summed E-state index contributed by atoms with van der Waals surface area (Å²) >= 11 is 3.15. The summed E-state index contributed by atoms with van der Waals surface area (Å²) in [5, 5.41) is 1.63. The summed E-state index contributed by atoms with van der Waals surface area (Å²) in [4.78, 5) is 1.21. The second kappa shape index (κ2) is 7.38. The standard InChI is InChI=1S/C10H18N2O2S3/c1-15-5-3-2-4-12-17(13,14)10-6-9(7-11)16-8-10/h6,8,12H,2-5,7,11H2,1H3. The lowest BCUT2D eigenvalue weighted by molar-refractivity contribution is 0.579. The average molecular weight is 294 g/mol. The van der Waals surface area contributed by atoms with Gasteiger partial charge in [0.15, 0.2) is 0 Å². The Balaban J connectivity index is 2.45. The third-order valence-corrected chi connectivity index (χ3v) is 5.45. The summed E-state index contributed by atoms with van der Waals surface area (Å²) in [7, 11) is -3.34. The number of sulfonamides is 1. The molecule has 3 N–H and O–H groups in total. The Kier molecular flexibility index (Phi) is 6.50. The molecule has 0 spiro atoms. The van der Waals surface area contributed by atoms with Crippen LogP contribution in [0.15, 0.2) is 16.3 Å². The van der Waals surface area contributed by atoms with Crippen LogP contribution in [0.1, 0.15) is 17.7 Å². The van der Waals surface area contributed by atoms with Crippen molar-refractivity contribution in [3.63, 3.8) is 0 Å². The van der Waals surface area contributed by atoms with Gasteiger partial charge in [0.2, 0.25) is 10.0 Å². The van der Waals surface area contributed by atoms with Gasteiger partial charge in [0.25, 0.3) is 0 Å². The summed E-state index contributed by atoms with van der Waals surface area (Å²) in [6.07, 6.45) is 3.94. The Morgan fingerprint density at radius 2 is 2.24 bits per heavy atom. The van der Waals surface area contributed by atoms with E-state index < -0.39 is 10.0 Å². The Morgan fingerprint density at radius 1 is 1.47 bits per heavy atom. The topological polar surface area (TPSA) is 72.2 Å². The quantitative estimate of drug-likeness (QED) is 0.715. The minimum atomic E-state index is -3.34. The first-order valence-electron chi connectivity index (χ1n) is 5.36. The highest BCUT2D eigenvalue weighted by Gasteiger charge is 2.14. The van der Waals surface area contributed by atoms with Gasteiger partial charge in [0.05, 0.1) is 4.90 Å². The van der Waals surface area contributed by atoms with Gasteiger partial charge < -0.3 is 5.73 Å². The molecule has 0 aromatic carbocycles. The van der Waals surface area contributed by atoms with Gasteiger partial charge in [-0.3, -0.25) is 0 Å². The normalized spacial score (nSPS) is 11.9. The summed E-state index contributed by atoms with van der Waals surface area (Å²) < 4.78 is 26.3. The predicted octanol–water partition coefficient (Wildman–Crippen LogP) is 1.63. The zero-order chi connectivity index (χ0) is 12.7. The van der Waals surface area contributed by atoms with Gasteiger partial charge in [-0.05, 0) is 30.9 Å². The molecular formula is C10H18N2O2S3. The molecule has 0 saturated heterocycles. The lowest BCUT2D eigenvalue weighted by Crippen LogP contribution is -2.24. The van der Waals surface area contributed by atoms with Crippen LogP contribution in [0.3, 0.4) is 0 Å². The molecule has 1 aromatic heterocycles. The van der Waals surface area contributed by atoms with Crippen LogP contribution in [-0.2, 0) is 16.6 Å². The number of thiophene rings is 1. The highest BCUT2D eigenvalue weighted by atomic mass is 32.2. The first-order chi connectivity index (χ1) is 8.10. The number of hydrogen-bond acceptors (Lipinski definition) is 5. The van der Waals surface area contributed by atoms with Gasteiger partial charge in [0.1, 0.15) is 0 Å². The fraction of sp³-hybridized carbons (Fsp3) is 0.600. The van der Waals surface area contributed by atoms with E-state index in [2.05, 4.69) is 4.72 Å². The highest BCUT2D eigenvalue weighted by molar-refractivity contribution is 7.98. The molecule has 0 unspecified atom stereocenters. The van der Waals surface area contributed by atoms with Gasteiger partial charge in [-0.25, -0.2) is 13.1 Å². The van der Waals surface area contributed by atoms with Crippen LogP contribution in [0, 0.1) is 0 Å². The maximum absolute atomic E-state index is 11.8. The molecule has 17 heavy (non-hydrogen) atoms. The third kappa shape index (κ3) is 4.97. The zero-order valence-electron chi connectivity index (χ0n) is 9.81. The molecule has 0 aliphatic heterocycles. The van der Waals surface area contributed by atoms with Crippen molar-refractivity contribution in [1.29, 1.82) is 0 Å². The molecule has 0 amide bonds. The van der Waals surface area contributed by atoms with E-state index in [1.807, 2.05) is 6.26 Å². The predicted molar refractivity (Wildman–Crippen MR) is 75.0 cm³/mol. The highest BCUT2D eigenvalue weighted by Crippen LogP contribution is 2.18. The maximum Gasteiger partial charge on any atom is 0.241 e. The van der Waals surface area contributed by atoms with E-state index in [0.717, 1.165) is 23.5 Å². The maximum atomic E-state index is 11.8. The largest absolute Gasteiger partial charge is 0.326 e. The van der Waals surface area contributed by atoms with E-state index in [-0.39, 0.29) is 0 Å². The monoisotopic (exact) mass is 294 g/mol. The van der Waals surface area contributed by atoms with E-state index in [9.17, 15) is 8.42 Å². The van der Waals surface area contributed by atoms with Crippen LogP contribution < -0.4 is 10.5 Å². The van der Waals surface area contributed by atoms with Crippen LogP contribution in [-0.4, -0.2) is 27.0 Å². The summed E-state index contributed by atoms with van der Waals surface area (Å²) in [5.41, 5.74) is 5.45. The van der Waals surface area contributed by atoms with Crippen molar-refractivity contribution in [3.05, 3.63) is 16.3 Å². The lowest BCUT2D eigenvalue weighted by Gasteiger charge is -2.04. The van der Waals surface area contributed by atoms with Crippen LogP contribution >= 0.6 is 23.1 Å². The van der Waals surface area contributed by atoms with Gasteiger partial charge in [-0.1, -0.05) is 0 Å². The van der Waals surface area contributed by atoms with Gasteiger partial charge in [0, 0.05) is 23.3 Å². The van der Waals surface area contributed by atoms with E-state index >= 15 is 0 Å². The van der Waals surface area contributed by atoms with Crippen molar-refractivity contribution in [2.24, 2.45) is 5.73 Å². The van der Waals surface area contributed by atoms with E-state index in [1.54, 1.807) is 23.2 Å². The lowest BCUT2D eigenvalue weighted by atomic mass is 10.3. The van der Waals surface area contributed by atoms with Crippen LogP contribution in [0.2, 0.25) is 0 Å². The van der Waals surface area contributed by atoms with Crippen LogP contribution in [0.4, 0.5) is 0 Å². The third-order valence-electron chi connectivity index (χ3n) is 2.21. The van der Waals surface area contributed by atoms with Crippen molar-refractivity contribution >= 4 is 33.1 Å². The molecule has 0 bridgehead atoms. The van der Waals surface area contributed by atoms with Crippen molar-refractivity contribution in [1.82, 2.24) is 4.72 Å². The molecule has 0 radical (unpaired) electrons. The molecule has 1 heterocycles. The number of hydrogen-bond donors (Lipinski definition) is 2. The summed E-state index contributed by atoms with van der Waals surface area (Å²) in [6.45, 7) is 0.880. The van der Waals surface area contributed by atoms with E-state index in [4.69, 9.17) is 5.73 Å². The zero-order valence-corrected chi connectivity index (χ0v) is 12.3. The molecule has 98 valence electrons. The van der Waals surface area contributed by atoms with E-state index in [1.165, 1.54) is 11.3 Å². The molecule has 0 fully saturated rings. The summed E-state index contributed by atoms with van der Waals surface area (Å²) in [6, 6.07) is 1.63. The minimum absolute atomic E-state index is 0.327. The fourth-order valence-corrected chi connectivity index (χ4v) is 3.99. The van der Waals surface area contributed by atoms with E-state index in [0.29, 0.717) is 18.0 Å². The average Bonchev–Trinajstić information content (AvgIpc) is 2.78. The Labute approximate surface area is 111 Å². The van der Waals surface area contributed by atoms with Crippen molar-refractivity contribution in [2.45, 2.75) is 24.3 Å². The van der Waals surface area contributed by atoms with Crippen LogP contribution in [0.25, 0.3) is 0 Å². The number of nitrogens with one attached hydrogen (secondary N) is 1. The van der Waals surface area contributed by atoms with Crippen molar-refractivity contribution in [2.75, 3.05) is 18.6 Å². The fourth-order valence-electron chi connectivity index (χ4n) is 1.27. The number of rotatable bonds is 8. The Hall–Kier alpha value is -0.0800. The first kappa shape index (κ1) is 15.0. The number of unbranched alkanes of at least 4 members (excludes halogenated alkanes) is 1. The SMILES string of the molecule is CSCCCCNS(=O)(=O)c1csc(CN)c1. The van der Waals surface area contributed by atoms with Crippen molar-refractivity contribution < 1.29 is 8.42 Å². The molecular weight excluding hydrogens is 276 g/mol. The van der Waals surface area contributed by atoms with Crippen molar-refractivity contribution in [3.8, 4) is 0 Å². The smallest absolute Gasteiger partial charge is 0.241 e. The minimum Gasteiger partial charge on any atom is -0.326 e. The molecule has 0 aliphatic carbocycles. The van der Waals surface area contributed by atoms with Gasteiger partial charge in [-0.15, -0.1) is 11.3 Å². The first-order valence-corrected chi connectivity index (χ1v) is 9.12. The number of nitrogens with two attached hydrogens (primary N) is 1. The molecule has 1 rings (SSSR count). The molecule has 4 nitrogen and oxygen atoms in total. The molecule has 0 aliphatic rings. The Morgan fingerprint density at radius 3 is 2.82 bits per heavy atom. The molecule has 7 heteroatoms. The second-order valence-corrected chi connectivity index (χ2v) is 7.30. The molecule has 0 saturated carbocycles. The number of thioether (sulfide) groups is 1. The van der Waals surface area contributed by atoms with Crippen LogP contribution in [0.5, 0.6) is 0 Å². The van der Waals surface area contributed by atoms with Gasteiger partial charge in [-0.2, -0.15) is 11.8 Å². The molecule has 1 aromatic rings. The van der Waals surface area contributed by atoms with Gasteiger partial charge >= 0.3 is 0 Å². The molecule has 0 atom stereocenters.